The van der Waals surface area contributed by atoms with E-state index in [1.54, 1.807) is 0 Å². The third kappa shape index (κ3) is 9.47. The van der Waals surface area contributed by atoms with Gasteiger partial charge in [-0.3, -0.25) is 0 Å². The highest BCUT2D eigenvalue weighted by Crippen LogP contribution is 2.55. The molecule has 4 nitrogen and oxygen atoms in total. The van der Waals surface area contributed by atoms with Gasteiger partial charge in [0.25, 0.3) is 0 Å². The topological polar surface area (TPSA) is 13.0 Å². The van der Waals surface area contributed by atoms with Gasteiger partial charge in [-0.05, 0) is 185 Å². The van der Waals surface area contributed by atoms with Crippen molar-refractivity contribution in [3.63, 3.8) is 0 Å². The number of nitrogens with zero attached hydrogens (tertiary/aromatic N) is 4. The second kappa shape index (κ2) is 20.7. The highest BCUT2D eigenvalue weighted by molar-refractivity contribution is 9.11. The summed E-state index contributed by atoms with van der Waals surface area (Å²) in [6.45, 7) is 8.60. The number of halogens is 4. The fourth-order valence-corrected chi connectivity index (χ4v) is 11.6. The first-order valence-corrected chi connectivity index (χ1v) is 28.4. The maximum absolute atomic E-state index is 3.77. The molecule has 0 radical (unpaired) electrons. The number of anilines is 12. The van der Waals surface area contributed by atoms with Crippen molar-refractivity contribution in [3.05, 3.63) is 271 Å². The Morgan fingerprint density at radius 1 is 0.211 bits per heavy atom. The van der Waals surface area contributed by atoms with E-state index in [2.05, 4.69) is 342 Å². The molecule has 0 atom stereocenters. The molecule has 0 saturated heterocycles. The summed E-state index contributed by atoms with van der Waals surface area (Å²) in [5.41, 5.74) is 17.4. The Hall–Kier alpha value is -7.20. The zero-order valence-electron chi connectivity index (χ0n) is 42.2. The molecule has 0 heterocycles. The van der Waals surface area contributed by atoms with Gasteiger partial charge in [0.1, 0.15) is 0 Å². The van der Waals surface area contributed by atoms with Crippen molar-refractivity contribution in [1.82, 2.24) is 0 Å². The van der Waals surface area contributed by atoms with E-state index in [1.165, 1.54) is 22.3 Å². The molecule has 0 N–H and O–H groups in total. The molecule has 0 bridgehead atoms. The van der Waals surface area contributed by atoms with E-state index in [1.807, 2.05) is 0 Å². The average Bonchev–Trinajstić information content (AvgIpc) is 3.58. The maximum atomic E-state index is 3.77. The molecule has 0 aromatic heterocycles. The quantitative estimate of drug-likeness (QED) is 0.113. The van der Waals surface area contributed by atoms with Gasteiger partial charge in [-0.15, -0.1) is 0 Å². The van der Waals surface area contributed by atoms with Crippen LogP contribution in [0.2, 0.25) is 0 Å². The summed E-state index contributed by atoms with van der Waals surface area (Å²) in [4.78, 5) is 9.72. The Bertz CT molecular complexity index is 3330. The molecule has 370 valence electrons. The van der Waals surface area contributed by atoms with E-state index in [0.29, 0.717) is 0 Å². The average molecular weight is 1240 g/mol. The molecule has 76 heavy (non-hydrogen) atoms. The van der Waals surface area contributed by atoms with Crippen LogP contribution in [0, 0.1) is 27.7 Å². The highest BCUT2D eigenvalue weighted by Gasteiger charge is 2.29. The Morgan fingerprint density at radius 3 is 0.539 bits per heavy atom. The van der Waals surface area contributed by atoms with E-state index < -0.39 is 0 Å². The molecule has 0 aliphatic heterocycles. The van der Waals surface area contributed by atoms with E-state index >= 15 is 0 Å². The molecule has 0 amide bonds. The number of hydrogen-bond donors (Lipinski definition) is 0. The zero-order valence-corrected chi connectivity index (χ0v) is 48.6. The molecule has 12 aromatic carbocycles. The standard InChI is InChI=1S/C68H50Br4N4/c1-43-5-21-51(22-6-43)73(55-29-13-47(69)14-30-55)63-41-64(74(52-23-7-44(2)8-24-52)56-31-15-48(70)16-32-56)60-39-40-62-66(76(54-27-11-46(4)12-28-54)58-35-19-50(72)20-36-58)42-65(61-38-37-59(63)67(60)68(61)62)75(53-25-9-45(3)10-26-53)57-33-17-49(71)18-34-57/h5-42H,1-4H3. The third-order valence-corrected chi connectivity index (χ3v) is 16.4. The minimum atomic E-state index is 1.02. The smallest absolute Gasteiger partial charge is 0.0561 e. The van der Waals surface area contributed by atoms with Gasteiger partial charge in [0.2, 0.25) is 0 Å². The summed E-state index contributed by atoms with van der Waals surface area (Å²) in [6, 6.07) is 84.6. The van der Waals surface area contributed by atoms with Crippen LogP contribution in [0.3, 0.4) is 0 Å². The molecular formula is C68H50Br4N4. The van der Waals surface area contributed by atoms with Gasteiger partial charge in [0.05, 0.1) is 22.7 Å². The minimum absolute atomic E-state index is 1.02. The Balaban J connectivity index is 1.29. The number of rotatable bonds is 12. The van der Waals surface area contributed by atoms with Crippen LogP contribution < -0.4 is 19.6 Å². The van der Waals surface area contributed by atoms with Crippen molar-refractivity contribution < 1.29 is 0 Å². The zero-order chi connectivity index (χ0) is 52.2. The number of aryl methyl sites for hydroxylation is 4. The van der Waals surface area contributed by atoms with Crippen LogP contribution in [0.4, 0.5) is 68.2 Å². The number of benzene rings is 12. The molecule has 0 saturated carbocycles. The lowest BCUT2D eigenvalue weighted by Gasteiger charge is -2.34. The van der Waals surface area contributed by atoms with Crippen LogP contribution in [0.25, 0.3) is 32.3 Å². The van der Waals surface area contributed by atoms with E-state index in [-0.39, 0.29) is 0 Å². The lowest BCUT2D eigenvalue weighted by Crippen LogP contribution is -2.16. The molecule has 0 aliphatic carbocycles. The third-order valence-electron chi connectivity index (χ3n) is 14.3. The van der Waals surface area contributed by atoms with Crippen LogP contribution in [0.1, 0.15) is 22.3 Å². The monoisotopic (exact) mass is 1240 g/mol. The van der Waals surface area contributed by atoms with Crippen LogP contribution in [-0.2, 0) is 0 Å². The maximum Gasteiger partial charge on any atom is 0.0561 e. The summed E-state index contributed by atoms with van der Waals surface area (Å²) in [6.07, 6.45) is 0. The number of hydrogen-bond acceptors (Lipinski definition) is 4. The summed E-state index contributed by atoms with van der Waals surface area (Å²) in [5.74, 6) is 0. The first kappa shape index (κ1) is 49.7. The molecule has 0 aliphatic rings. The summed E-state index contributed by atoms with van der Waals surface area (Å²) in [7, 11) is 0. The van der Waals surface area contributed by atoms with Crippen molar-refractivity contribution >= 4 is 164 Å². The van der Waals surface area contributed by atoms with E-state index in [0.717, 1.165) is 118 Å². The van der Waals surface area contributed by atoms with Gasteiger partial charge in [0.15, 0.2) is 0 Å². The van der Waals surface area contributed by atoms with Crippen LogP contribution in [-0.4, -0.2) is 0 Å². The van der Waals surface area contributed by atoms with Crippen molar-refractivity contribution in [2.75, 3.05) is 19.6 Å². The summed E-state index contributed by atoms with van der Waals surface area (Å²) >= 11 is 15.1. The van der Waals surface area contributed by atoms with Gasteiger partial charge >= 0.3 is 0 Å². The fraction of sp³-hybridized carbons (Fsp3) is 0.0588. The van der Waals surface area contributed by atoms with Crippen molar-refractivity contribution in [2.45, 2.75) is 27.7 Å². The SMILES string of the molecule is Cc1ccc(N(c2ccc(Br)cc2)c2cc(N(c3ccc(C)cc3)c3ccc(Br)cc3)c3ccc4c(N(c5ccc(C)cc5)c5ccc(Br)cc5)cc(N(c5ccc(C)cc5)c5ccc(Br)cc5)c5ccc2c3c54)cc1. The van der Waals surface area contributed by atoms with Crippen molar-refractivity contribution in [3.8, 4) is 0 Å². The lowest BCUT2D eigenvalue weighted by molar-refractivity contribution is 1.26. The minimum Gasteiger partial charge on any atom is -0.310 e. The molecule has 0 unspecified atom stereocenters. The predicted octanol–water partition coefficient (Wildman–Crippen LogP) is 22.7. The van der Waals surface area contributed by atoms with Crippen molar-refractivity contribution in [1.29, 1.82) is 0 Å². The highest BCUT2D eigenvalue weighted by atomic mass is 79.9. The van der Waals surface area contributed by atoms with Gasteiger partial charge in [-0.25, -0.2) is 0 Å². The Kier molecular flexibility index (Phi) is 13.5. The molecule has 0 fully saturated rings. The second-order valence-corrected chi connectivity index (χ2v) is 23.2. The largest absolute Gasteiger partial charge is 0.310 e. The first-order chi connectivity index (χ1) is 36.9. The molecule has 12 rings (SSSR count). The molecule has 0 spiro atoms. The fourth-order valence-electron chi connectivity index (χ4n) is 10.5. The van der Waals surface area contributed by atoms with Gasteiger partial charge in [-0.1, -0.05) is 159 Å². The normalized spacial score (nSPS) is 11.4. The van der Waals surface area contributed by atoms with Gasteiger partial charge in [-0.2, -0.15) is 0 Å². The molecule has 8 heteroatoms. The first-order valence-electron chi connectivity index (χ1n) is 25.2. The lowest BCUT2D eigenvalue weighted by atomic mass is 9.89. The second-order valence-electron chi connectivity index (χ2n) is 19.5. The van der Waals surface area contributed by atoms with Gasteiger partial charge < -0.3 is 19.6 Å². The Morgan fingerprint density at radius 2 is 0.368 bits per heavy atom. The van der Waals surface area contributed by atoms with E-state index in [4.69, 9.17) is 0 Å². The molecular weight excluding hydrogens is 1190 g/mol. The van der Waals surface area contributed by atoms with Crippen LogP contribution in [0.5, 0.6) is 0 Å². The van der Waals surface area contributed by atoms with Crippen LogP contribution in [0.15, 0.2) is 248 Å². The van der Waals surface area contributed by atoms with Crippen LogP contribution >= 0.6 is 63.7 Å². The summed E-state index contributed by atoms with van der Waals surface area (Å²) in [5, 5.41) is 6.82. The summed E-state index contributed by atoms with van der Waals surface area (Å²) < 4.78 is 4.07. The van der Waals surface area contributed by atoms with Crippen molar-refractivity contribution in [2.24, 2.45) is 0 Å². The van der Waals surface area contributed by atoms with E-state index in [9.17, 15) is 0 Å². The predicted molar refractivity (Wildman–Crippen MR) is 339 cm³/mol. The Labute approximate surface area is 478 Å². The van der Waals surface area contributed by atoms with Gasteiger partial charge in [0, 0.05) is 95.7 Å². The molecule has 12 aromatic rings.